The van der Waals surface area contributed by atoms with Gasteiger partial charge in [0.25, 0.3) is 5.91 Å². The van der Waals surface area contributed by atoms with E-state index in [1.54, 1.807) is 18.2 Å². The van der Waals surface area contributed by atoms with Gasteiger partial charge in [-0.05, 0) is 31.0 Å². The molecule has 4 N–H and O–H groups in total. The van der Waals surface area contributed by atoms with Crippen LogP contribution >= 0.6 is 11.6 Å². The molecule has 1 atom stereocenters. The summed E-state index contributed by atoms with van der Waals surface area (Å²) in [5.41, 5.74) is 6.34. The summed E-state index contributed by atoms with van der Waals surface area (Å²) in [5, 5.41) is 14.8. The van der Waals surface area contributed by atoms with Gasteiger partial charge in [-0.25, -0.2) is 0 Å². The summed E-state index contributed by atoms with van der Waals surface area (Å²) in [6.45, 7) is 0.584. The summed E-state index contributed by atoms with van der Waals surface area (Å²) in [6.07, 6.45) is 1.09. The number of nitrogens with one attached hydrogen (secondary N) is 1. The highest BCUT2D eigenvalue weighted by Crippen LogP contribution is 2.22. The third kappa shape index (κ3) is 3.15. The van der Waals surface area contributed by atoms with E-state index in [4.69, 9.17) is 27.3 Å². The molecule has 2 rings (SSSR count). The number of amidine groups is 1. The van der Waals surface area contributed by atoms with Crippen molar-refractivity contribution in [1.82, 2.24) is 0 Å². The van der Waals surface area contributed by atoms with Crippen LogP contribution in [-0.4, -0.2) is 29.7 Å². The van der Waals surface area contributed by atoms with Gasteiger partial charge < -0.3 is 21.0 Å². The van der Waals surface area contributed by atoms with Crippen LogP contribution in [-0.2, 0) is 9.53 Å². The molecule has 6 nitrogen and oxygen atoms in total. The molecule has 1 saturated heterocycles. The number of hydrogen-bond acceptors (Lipinski definition) is 4. The van der Waals surface area contributed by atoms with Gasteiger partial charge in [-0.3, -0.25) is 4.79 Å². The second-order valence-electron chi connectivity index (χ2n) is 4.17. The Balaban J connectivity index is 2.22. The first-order valence-electron chi connectivity index (χ1n) is 5.81. The lowest BCUT2D eigenvalue weighted by atomic mass is 10.1. The van der Waals surface area contributed by atoms with Crippen LogP contribution in [0.3, 0.4) is 0 Å². The fourth-order valence-corrected chi connectivity index (χ4v) is 2.07. The number of anilines is 1. The van der Waals surface area contributed by atoms with Gasteiger partial charge in [-0.15, -0.1) is 0 Å². The predicted octanol–water partition coefficient (Wildman–Crippen LogP) is 1.55. The Morgan fingerprint density at radius 1 is 1.58 bits per heavy atom. The largest absolute Gasteiger partial charge is 0.409 e. The van der Waals surface area contributed by atoms with Crippen LogP contribution in [0.15, 0.2) is 23.4 Å². The first kappa shape index (κ1) is 13.6. The van der Waals surface area contributed by atoms with Crippen LogP contribution in [0.25, 0.3) is 0 Å². The smallest absolute Gasteiger partial charge is 0.253 e. The Labute approximate surface area is 115 Å². The minimum absolute atomic E-state index is 0.0979. The number of benzene rings is 1. The molecule has 102 valence electrons. The average Bonchev–Trinajstić information content (AvgIpc) is 2.92. The lowest BCUT2D eigenvalue weighted by Gasteiger charge is -2.13. The van der Waals surface area contributed by atoms with E-state index in [1.807, 2.05) is 0 Å². The molecule has 0 spiro atoms. The van der Waals surface area contributed by atoms with Gasteiger partial charge in [0.15, 0.2) is 5.84 Å². The number of ether oxygens (including phenoxy) is 1. The number of oxime groups is 1. The molecule has 7 heteroatoms. The first-order chi connectivity index (χ1) is 9.11. The van der Waals surface area contributed by atoms with Gasteiger partial charge in [0, 0.05) is 17.2 Å². The minimum Gasteiger partial charge on any atom is -0.409 e. The van der Waals surface area contributed by atoms with Gasteiger partial charge in [0.2, 0.25) is 0 Å². The highest BCUT2D eigenvalue weighted by molar-refractivity contribution is 6.31. The fourth-order valence-electron chi connectivity index (χ4n) is 1.89. The van der Waals surface area contributed by atoms with E-state index in [0.29, 0.717) is 29.3 Å². The van der Waals surface area contributed by atoms with Gasteiger partial charge >= 0.3 is 0 Å². The summed E-state index contributed by atoms with van der Waals surface area (Å²) in [6, 6.07) is 4.71. The zero-order chi connectivity index (χ0) is 13.8. The van der Waals surface area contributed by atoms with Crippen molar-refractivity contribution in [3.05, 3.63) is 28.8 Å². The molecule has 1 aliphatic rings. The zero-order valence-electron chi connectivity index (χ0n) is 10.1. The minimum atomic E-state index is -0.459. The quantitative estimate of drug-likeness (QED) is 0.339. The molecular formula is C12H14ClN3O3. The molecule has 1 unspecified atom stereocenters. The van der Waals surface area contributed by atoms with Crippen molar-refractivity contribution in [3.8, 4) is 0 Å². The standard InChI is InChI=1S/C12H14ClN3O3/c13-7-3-4-8(11(14)16-18)9(6-7)15-12(17)10-2-1-5-19-10/h3-4,6,10,18H,1-2,5H2,(H2,14,16)(H,15,17). The third-order valence-corrected chi connectivity index (χ3v) is 3.08. The van der Waals surface area contributed by atoms with E-state index < -0.39 is 6.10 Å². The Bertz CT molecular complexity index is 513. The van der Waals surface area contributed by atoms with Crippen molar-refractivity contribution in [2.75, 3.05) is 11.9 Å². The molecule has 19 heavy (non-hydrogen) atoms. The van der Waals surface area contributed by atoms with Gasteiger partial charge in [-0.1, -0.05) is 16.8 Å². The van der Waals surface area contributed by atoms with E-state index in [-0.39, 0.29) is 11.7 Å². The molecule has 0 bridgehead atoms. The van der Waals surface area contributed by atoms with Crippen molar-refractivity contribution in [3.63, 3.8) is 0 Å². The Hall–Kier alpha value is -1.79. The van der Waals surface area contributed by atoms with Crippen molar-refractivity contribution in [2.24, 2.45) is 10.9 Å². The number of hydrogen-bond donors (Lipinski definition) is 3. The maximum Gasteiger partial charge on any atom is 0.253 e. The summed E-state index contributed by atoms with van der Waals surface area (Å²) >= 11 is 5.88. The molecule has 1 heterocycles. The number of halogens is 1. The van der Waals surface area contributed by atoms with E-state index in [0.717, 1.165) is 6.42 Å². The maximum absolute atomic E-state index is 12.0. The SMILES string of the molecule is NC(=NO)c1ccc(Cl)cc1NC(=O)C1CCCO1. The van der Waals surface area contributed by atoms with Crippen LogP contribution in [0.1, 0.15) is 18.4 Å². The second kappa shape index (κ2) is 5.90. The van der Waals surface area contributed by atoms with E-state index in [2.05, 4.69) is 10.5 Å². The van der Waals surface area contributed by atoms with E-state index >= 15 is 0 Å². The van der Waals surface area contributed by atoms with Crippen molar-refractivity contribution < 1.29 is 14.7 Å². The number of carbonyl (C=O) groups excluding carboxylic acids is 1. The molecule has 1 aromatic rings. The molecule has 1 fully saturated rings. The Morgan fingerprint density at radius 2 is 2.37 bits per heavy atom. The highest BCUT2D eigenvalue weighted by Gasteiger charge is 2.24. The first-order valence-corrected chi connectivity index (χ1v) is 6.19. The van der Waals surface area contributed by atoms with Gasteiger partial charge in [0.1, 0.15) is 6.10 Å². The van der Waals surface area contributed by atoms with Crippen LogP contribution in [0.2, 0.25) is 5.02 Å². The van der Waals surface area contributed by atoms with Crippen molar-refractivity contribution in [2.45, 2.75) is 18.9 Å². The van der Waals surface area contributed by atoms with Crippen LogP contribution in [0.5, 0.6) is 0 Å². The Morgan fingerprint density at radius 3 is 3.00 bits per heavy atom. The normalized spacial score (nSPS) is 19.4. The highest BCUT2D eigenvalue weighted by atomic mass is 35.5. The fraction of sp³-hybridized carbons (Fsp3) is 0.333. The maximum atomic E-state index is 12.0. The molecule has 1 aliphatic heterocycles. The van der Waals surface area contributed by atoms with E-state index in [1.165, 1.54) is 0 Å². The van der Waals surface area contributed by atoms with Gasteiger partial charge in [0.05, 0.1) is 5.69 Å². The number of rotatable bonds is 3. The number of amides is 1. The summed E-state index contributed by atoms with van der Waals surface area (Å²) in [4.78, 5) is 12.0. The van der Waals surface area contributed by atoms with Crippen LogP contribution < -0.4 is 11.1 Å². The molecule has 0 radical (unpaired) electrons. The zero-order valence-corrected chi connectivity index (χ0v) is 10.9. The molecule has 1 amide bonds. The summed E-state index contributed by atoms with van der Waals surface area (Å²) in [5.74, 6) is -0.355. The topological polar surface area (TPSA) is 96.9 Å². The lowest BCUT2D eigenvalue weighted by Crippen LogP contribution is -2.28. The number of nitrogens with zero attached hydrogens (tertiary/aromatic N) is 1. The second-order valence-corrected chi connectivity index (χ2v) is 4.60. The van der Waals surface area contributed by atoms with E-state index in [9.17, 15) is 4.79 Å². The molecule has 0 aromatic heterocycles. The average molecular weight is 284 g/mol. The third-order valence-electron chi connectivity index (χ3n) is 2.85. The van der Waals surface area contributed by atoms with Crippen LogP contribution in [0, 0.1) is 0 Å². The number of nitrogens with two attached hydrogens (primary N) is 1. The molecule has 0 saturated carbocycles. The van der Waals surface area contributed by atoms with Gasteiger partial charge in [-0.2, -0.15) is 0 Å². The monoisotopic (exact) mass is 283 g/mol. The predicted molar refractivity (Wildman–Crippen MR) is 71.6 cm³/mol. The summed E-state index contributed by atoms with van der Waals surface area (Å²) < 4.78 is 5.29. The number of carbonyl (C=O) groups is 1. The van der Waals surface area contributed by atoms with Crippen LogP contribution in [0.4, 0.5) is 5.69 Å². The molecule has 1 aromatic carbocycles. The molecular weight excluding hydrogens is 270 g/mol. The van der Waals surface area contributed by atoms with Crippen molar-refractivity contribution >= 4 is 29.0 Å². The van der Waals surface area contributed by atoms with Crippen molar-refractivity contribution in [1.29, 1.82) is 0 Å². The Kier molecular flexibility index (Phi) is 4.24. The molecule has 0 aliphatic carbocycles. The lowest BCUT2D eigenvalue weighted by molar-refractivity contribution is -0.124. The summed E-state index contributed by atoms with van der Waals surface area (Å²) in [7, 11) is 0.